The molecular weight excluding hydrogens is 362 g/mol. The van der Waals surface area contributed by atoms with Crippen LogP contribution in [0, 0.1) is 0 Å². The van der Waals surface area contributed by atoms with E-state index in [-0.39, 0.29) is 18.4 Å². The van der Waals surface area contributed by atoms with Gasteiger partial charge in [-0.05, 0) is 42.0 Å². The van der Waals surface area contributed by atoms with Crippen LogP contribution >= 0.6 is 0 Å². The van der Waals surface area contributed by atoms with E-state index in [1.54, 1.807) is 37.4 Å². The molecule has 0 spiro atoms. The number of nitrogens with two attached hydrogens (primary N) is 1. The second kappa shape index (κ2) is 9.96. The Bertz CT molecular complexity index is 836. The highest BCUT2D eigenvalue weighted by molar-refractivity contribution is 5.97. The summed E-state index contributed by atoms with van der Waals surface area (Å²) in [5.41, 5.74) is 6.40. The first-order chi connectivity index (χ1) is 13.4. The van der Waals surface area contributed by atoms with Gasteiger partial charge in [0.25, 0.3) is 5.91 Å². The first-order valence-corrected chi connectivity index (χ1v) is 8.59. The second-order valence-electron chi connectivity index (χ2n) is 6.08. The van der Waals surface area contributed by atoms with Crippen LogP contribution in [0.15, 0.2) is 48.5 Å². The molecule has 2 aromatic carbocycles. The van der Waals surface area contributed by atoms with Crippen LogP contribution in [0.5, 0.6) is 11.5 Å². The fourth-order valence-corrected chi connectivity index (χ4v) is 2.51. The van der Waals surface area contributed by atoms with Crippen molar-refractivity contribution in [3.05, 3.63) is 54.1 Å². The minimum absolute atomic E-state index is 0.225. The quantitative estimate of drug-likeness (QED) is 0.600. The van der Waals surface area contributed by atoms with Crippen molar-refractivity contribution >= 4 is 23.4 Å². The zero-order valence-corrected chi connectivity index (χ0v) is 15.7. The van der Waals surface area contributed by atoms with Crippen LogP contribution in [0.1, 0.15) is 12.5 Å². The van der Waals surface area contributed by atoms with Crippen molar-refractivity contribution in [3.63, 3.8) is 0 Å². The molecule has 0 bridgehead atoms. The van der Waals surface area contributed by atoms with Gasteiger partial charge in [-0.2, -0.15) is 0 Å². The van der Waals surface area contributed by atoms with Crippen LogP contribution in [-0.4, -0.2) is 37.5 Å². The zero-order valence-electron chi connectivity index (χ0n) is 15.7. The van der Waals surface area contributed by atoms with Crippen LogP contribution in [0.3, 0.4) is 0 Å². The van der Waals surface area contributed by atoms with E-state index >= 15 is 0 Å². The molecule has 0 fully saturated rings. The lowest BCUT2D eigenvalue weighted by Crippen LogP contribution is -2.44. The van der Waals surface area contributed by atoms with Crippen LogP contribution < -0.4 is 25.8 Å². The number of amides is 3. The molecule has 28 heavy (non-hydrogen) atoms. The Morgan fingerprint density at radius 2 is 1.79 bits per heavy atom. The first-order valence-electron chi connectivity index (χ1n) is 8.59. The Morgan fingerprint density at radius 1 is 1.07 bits per heavy atom. The SMILES string of the molecule is COc1cccc(C[C@H](NC(C)=O)C(=O)Nc2ccc(OCC(N)=O)cc2)c1. The van der Waals surface area contributed by atoms with Gasteiger partial charge in [-0.15, -0.1) is 0 Å². The highest BCUT2D eigenvalue weighted by atomic mass is 16.5. The monoisotopic (exact) mass is 385 g/mol. The van der Waals surface area contributed by atoms with E-state index in [0.29, 0.717) is 23.6 Å². The maximum absolute atomic E-state index is 12.7. The number of primary amides is 1. The molecule has 1 atom stereocenters. The molecular formula is C20H23N3O5. The van der Waals surface area contributed by atoms with Crippen LogP contribution in [0.2, 0.25) is 0 Å². The summed E-state index contributed by atoms with van der Waals surface area (Å²) >= 11 is 0. The number of methoxy groups -OCH3 is 1. The molecule has 0 aromatic heterocycles. The van der Waals surface area contributed by atoms with Crippen molar-refractivity contribution in [2.75, 3.05) is 19.0 Å². The summed E-state index contributed by atoms with van der Waals surface area (Å²) in [4.78, 5) is 34.9. The van der Waals surface area contributed by atoms with Crippen molar-refractivity contribution in [2.24, 2.45) is 5.73 Å². The third-order valence-electron chi connectivity index (χ3n) is 3.77. The van der Waals surface area contributed by atoms with Crippen LogP contribution in [-0.2, 0) is 20.8 Å². The molecule has 0 aliphatic heterocycles. The Morgan fingerprint density at radius 3 is 2.39 bits per heavy atom. The van der Waals surface area contributed by atoms with Crippen molar-refractivity contribution in [1.29, 1.82) is 0 Å². The standard InChI is InChI=1S/C20H23N3O5/c1-13(24)22-18(11-14-4-3-5-17(10-14)27-2)20(26)23-15-6-8-16(9-7-15)28-12-19(21)25/h3-10,18H,11-12H2,1-2H3,(H2,21,25)(H,22,24)(H,23,26)/t18-/m0/s1. The Kier molecular flexibility index (Phi) is 7.38. The molecule has 0 saturated heterocycles. The van der Waals surface area contributed by atoms with Gasteiger partial charge in [-0.3, -0.25) is 14.4 Å². The predicted molar refractivity (Wildman–Crippen MR) is 104 cm³/mol. The van der Waals surface area contributed by atoms with E-state index in [0.717, 1.165) is 5.56 Å². The van der Waals surface area contributed by atoms with Crippen molar-refractivity contribution < 1.29 is 23.9 Å². The van der Waals surface area contributed by atoms with E-state index in [4.69, 9.17) is 15.2 Å². The summed E-state index contributed by atoms with van der Waals surface area (Å²) < 4.78 is 10.4. The van der Waals surface area contributed by atoms with Gasteiger partial charge < -0.3 is 25.8 Å². The summed E-state index contributed by atoms with van der Waals surface area (Å²) in [6.45, 7) is 1.13. The molecule has 0 aliphatic rings. The third-order valence-corrected chi connectivity index (χ3v) is 3.77. The molecule has 2 rings (SSSR count). The smallest absolute Gasteiger partial charge is 0.255 e. The largest absolute Gasteiger partial charge is 0.497 e. The lowest BCUT2D eigenvalue weighted by molar-refractivity contribution is -0.125. The van der Waals surface area contributed by atoms with Gasteiger partial charge in [-0.25, -0.2) is 0 Å². The lowest BCUT2D eigenvalue weighted by atomic mass is 10.0. The van der Waals surface area contributed by atoms with E-state index in [2.05, 4.69) is 10.6 Å². The van der Waals surface area contributed by atoms with Gasteiger partial charge >= 0.3 is 0 Å². The first kappa shape index (κ1) is 20.8. The van der Waals surface area contributed by atoms with Crippen molar-refractivity contribution in [2.45, 2.75) is 19.4 Å². The minimum atomic E-state index is -0.754. The highest BCUT2D eigenvalue weighted by Gasteiger charge is 2.20. The molecule has 8 nitrogen and oxygen atoms in total. The average molecular weight is 385 g/mol. The second-order valence-corrected chi connectivity index (χ2v) is 6.08. The number of hydrogen-bond acceptors (Lipinski definition) is 5. The Hall–Kier alpha value is -3.55. The Labute approximate surface area is 163 Å². The number of anilines is 1. The number of nitrogens with one attached hydrogen (secondary N) is 2. The van der Waals surface area contributed by atoms with E-state index in [9.17, 15) is 14.4 Å². The summed E-state index contributed by atoms with van der Waals surface area (Å²) in [6, 6.07) is 13.0. The molecule has 8 heteroatoms. The maximum Gasteiger partial charge on any atom is 0.255 e. The molecule has 148 valence electrons. The molecule has 0 aliphatic carbocycles. The molecule has 0 unspecified atom stereocenters. The van der Waals surface area contributed by atoms with E-state index in [1.807, 2.05) is 18.2 Å². The summed E-state index contributed by atoms with van der Waals surface area (Å²) in [6.07, 6.45) is 0.308. The topological polar surface area (TPSA) is 120 Å². The number of carbonyl (C=O) groups excluding carboxylic acids is 3. The number of carbonyl (C=O) groups is 3. The van der Waals surface area contributed by atoms with E-state index < -0.39 is 11.9 Å². The van der Waals surface area contributed by atoms with Gasteiger partial charge in [0.05, 0.1) is 7.11 Å². The lowest BCUT2D eigenvalue weighted by Gasteiger charge is -2.18. The fourth-order valence-electron chi connectivity index (χ4n) is 2.51. The van der Waals surface area contributed by atoms with Gasteiger partial charge in [0, 0.05) is 19.0 Å². The average Bonchev–Trinajstić information content (AvgIpc) is 2.66. The number of rotatable bonds is 9. The van der Waals surface area contributed by atoms with Gasteiger partial charge in [0.1, 0.15) is 17.5 Å². The van der Waals surface area contributed by atoms with Gasteiger partial charge in [-0.1, -0.05) is 12.1 Å². The third kappa shape index (κ3) is 6.64. The molecule has 3 amide bonds. The van der Waals surface area contributed by atoms with Crippen molar-refractivity contribution in [3.8, 4) is 11.5 Å². The number of benzene rings is 2. The molecule has 0 heterocycles. The highest BCUT2D eigenvalue weighted by Crippen LogP contribution is 2.17. The summed E-state index contributed by atoms with van der Waals surface area (Å²) in [5.74, 6) is -0.118. The number of hydrogen-bond donors (Lipinski definition) is 3. The predicted octanol–water partition coefficient (Wildman–Crippen LogP) is 1.25. The van der Waals surface area contributed by atoms with Gasteiger partial charge in [0.2, 0.25) is 11.8 Å². The molecule has 2 aromatic rings. The van der Waals surface area contributed by atoms with E-state index in [1.165, 1.54) is 6.92 Å². The number of ether oxygens (including phenoxy) is 2. The normalized spacial score (nSPS) is 11.2. The molecule has 0 saturated carbocycles. The Balaban J connectivity index is 2.05. The summed E-state index contributed by atoms with van der Waals surface area (Å²) in [7, 11) is 1.56. The maximum atomic E-state index is 12.7. The van der Waals surface area contributed by atoms with Crippen LogP contribution in [0.25, 0.3) is 0 Å². The molecule has 0 radical (unpaired) electrons. The minimum Gasteiger partial charge on any atom is -0.497 e. The van der Waals surface area contributed by atoms with Crippen molar-refractivity contribution in [1.82, 2.24) is 5.32 Å². The van der Waals surface area contributed by atoms with Gasteiger partial charge in [0.15, 0.2) is 6.61 Å². The summed E-state index contributed by atoms with van der Waals surface area (Å²) in [5, 5.41) is 5.42. The molecule has 4 N–H and O–H groups in total. The fraction of sp³-hybridized carbons (Fsp3) is 0.250. The zero-order chi connectivity index (χ0) is 20.5. The van der Waals surface area contributed by atoms with Crippen LogP contribution in [0.4, 0.5) is 5.69 Å².